The number of fused-ring (bicyclic) bond motifs is 1. The normalized spacial score (nSPS) is 15.1. The average molecular weight is 389 g/mol. The Morgan fingerprint density at radius 2 is 2.00 bits per heavy atom. The highest BCUT2D eigenvalue weighted by atomic mass is 16.3. The van der Waals surface area contributed by atoms with E-state index in [9.17, 15) is 9.90 Å². The third-order valence-electron chi connectivity index (χ3n) is 5.49. The van der Waals surface area contributed by atoms with Gasteiger partial charge in [-0.15, -0.1) is 10.2 Å². The number of benzene rings is 1. The van der Waals surface area contributed by atoms with Crippen molar-refractivity contribution in [2.75, 3.05) is 6.54 Å². The summed E-state index contributed by atoms with van der Waals surface area (Å²) in [6, 6.07) is 13.3. The summed E-state index contributed by atoms with van der Waals surface area (Å²) in [5.74, 6) is 0.671. The molecule has 0 saturated heterocycles. The fourth-order valence-electron chi connectivity index (χ4n) is 3.76. The molecule has 7 heteroatoms. The maximum absolute atomic E-state index is 12.2. The van der Waals surface area contributed by atoms with E-state index in [2.05, 4.69) is 15.5 Å². The van der Waals surface area contributed by atoms with Crippen molar-refractivity contribution in [1.82, 2.24) is 19.9 Å². The van der Waals surface area contributed by atoms with Crippen LogP contribution >= 0.6 is 0 Å². The number of carbonyl (C=O) groups is 1. The zero-order valence-electron chi connectivity index (χ0n) is 16.5. The molecule has 148 valence electrons. The minimum atomic E-state index is -1.01. The minimum absolute atomic E-state index is 0.181. The van der Waals surface area contributed by atoms with E-state index in [1.54, 1.807) is 13.8 Å². The van der Waals surface area contributed by atoms with Gasteiger partial charge in [-0.25, -0.2) is 0 Å². The molecule has 0 radical (unpaired) electrons. The summed E-state index contributed by atoms with van der Waals surface area (Å²) in [6.07, 6.45) is 4.12. The Labute approximate surface area is 169 Å². The molecule has 0 bridgehead atoms. The lowest BCUT2D eigenvalue weighted by atomic mass is 9.93. The summed E-state index contributed by atoms with van der Waals surface area (Å²) in [5, 5.41) is 30.6. The van der Waals surface area contributed by atoms with E-state index in [-0.39, 0.29) is 11.3 Å². The molecule has 2 N–H and O–H groups in total. The van der Waals surface area contributed by atoms with Crippen molar-refractivity contribution >= 4 is 11.6 Å². The largest absolute Gasteiger partial charge is 0.386 e. The molecule has 1 aromatic carbocycles. The van der Waals surface area contributed by atoms with Gasteiger partial charge in [-0.05, 0) is 50.5 Å². The van der Waals surface area contributed by atoms with Gasteiger partial charge in [0.1, 0.15) is 5.82 Å². The Morgan fingerprint density at radius 1 is 1.28 bits per heavy atom. The maximum Gasteiger partial charge on any atom is 0.251 e. The van der Waals surface area contributed by atoms with Crippen molar-refractivity contribution in [2.24, 2.45) is 0 Å². The molecule has 4 rings (SSSR count). The van der Waals surface area contributed by atoms with Crippen molar-refractivity contribution in [2.45, 2.75) is 44.1 Å². The molecule has 29 heavy (non-hydrogen) atoms. The molecule has 3 aromatic rings. The number of amides is 1. The highest BCUT2D eigenvalue weighted by Crippen LogP contribution is 2.52. The lowest BCUT2D eigenvalue weighted by molar-refractivity contribution is 0.0795. The van der Waals surface area contributed by atoms with Gasteiger partial charge in [0.05, 0.1) is 23.5 Å². The SMILES string of the molecule is CC(C)(O)c1cccn2c(C3(c4ccc(C(=O)NCCC#N)cc4)CC3)nnc12. The van der Waals surface area contributed by atoms with Crippen molar-refractivity contribution in [3.8, 4) is 6.07 Å². The molecule has 1 aliphatic carbocycles. The van der Waals surface area contributed by atoms with E-state index in [1.165, 1.54) is 0 Å². The number of hydrogen-bond acceptors (Lipinski definition) is 5. The third-order valence-corrected chi connectivity index (χ3v) is 5.49. The van der Waals surface area contributed by atoms with Crippen LogP contribution < -0.4 is 5.32 Å². The van der Waals surface area contributed by atoms with E-state index < -0.39 is 5.60 Å². The molecule has 2 aromatic heterocycles. The Morgan fingerprint density at radius 3 is 2.62 bits per heavy atom. The Hall–Kier alpha value is -3.24. The molecule has 1 saturated carbocycles. The van der Waals surface area contributed by atoms with Gasteiger partial charge in [0, 0.05) is 23.9 Å². The summed E-state index contributed by atoms with van der Waals surface area (Å²) in [5.41, 5.74) is 1.82. The van der Waals surface area contributed by atoms with Crippen LogP contribution in [-0.2, 0) is 11.0 Å². The zero-order chi connectivity index (χ0) is 20.6. The van der Waals surface area contributed by atoms with Gasteiger partial charge in [0.2, 0.25) is 0 Å². The van der Waals surface area contributed by atoms with Crippen molar-refractivity contribution < 1.29 is 9.90 Å². The topological polar surface area (TPSA) is 103 Å². The Balaban J connectivity index is 1.65. The van der Waals surface area contributed by atoms with Gasteiger partial charge in [-0.2, -0.15) is 5.26 Å². The molecule has 0 atom stereocenters. The van der Waals surface area contributed by atoms with Crippen LogP contribution in [0, 0.1) is 11.3 Å². The van der Waals surface area contributed by atoms with E-state index in [4.69, 9.17) is 5.26 Å². The van der Waals surface area contributed by atoms with Crippen LogP contribution in [0.2, 0.25) is 0 Å². The molecular formula is C22H23N5O2. The number of nitrogens with one attached hydrogen (secondary N) is 1. The van der Waals surface area contributed by atoms with Gasteiger partial charge in [0.25, 0.3) is 5.91 Å². The van der Waals surface area contributed by atoms with Gasteiger partial charge in [-0.3, -0.25) is 9.20 Å². The van der Waals surface area contributed by atoms with Crippen molar-refractivity contribution in [3.05, 3.63) is 65.1 Å². The number of hydrogen-bond donors (Lipinski definition) is 2. The second kappa shape index (κ2) is 6.98. The maximum atomic E-state index is 12.2. The molecule has 0 unspecified atom stereocenters. The van der Waals surface area contributed by atoms with Gasteiger partial charge < -0.3 is 10.4 Å². The van der Waals surface area contributed by atoms with Crippen LogP contribution in [0.3, 0.4) is 0 Å². The lowest BCUT2D eigenvalue weighted by Gasteiger charge is -2.19. The Bertz CT molecular complexity index is 1100. The van der Waals surface area contributed by atoms with E-state index in [0.717, 1.165) is 29.8 Å². The second-order valence-electron chi connectivity index (χ2n) is 8.02. The minimum Gasteiger partial charge on any atom is -0.386 e. The number of aromatic nitrogens is 3. The first-order chi connectivity index (χ1) is 13.9. The molecule has 1 aliphatic rings. The fraction of sp³-hybridized carbons (Fsp3) is 0.364. The highest BCUT2D eigenvalue weighted by molar-refractivity contribution is 5.94. The smallest absolute Gasteiger partial charge is 0.251 e. The molecular weight excluding hydrogens is 366 g/mol. The van der Waals surface area contributed by atoms with Gasteiger partial charge in [0.15, 0.2) is 5.65 Å². The monoisotopic (exact) mass is 389 g/mol. The fourth-order valence-corrected chi connectivity index (χ4v) is 3.76. The summed E-state index contributed by atoms with van der Waals surface area (Å²) in [6.45, 7) is 3.82. The van der Waals surface area contributed by atoms with Crippen molar-refractivity contribution in [3.63, 3.8) is 0 Å². The van der Waals surface area contributed by atoms with E-state index in [1.807, 2.05) is 53.1 Å². The number of aliphatic hydroxyl groups is 1. The Kier molecular flexibility index (Phi) is 4.59. The van der Waals surface area contributed by atoms with Crippen LogP contribution in [0.4, 0.5) is 0 Å². The van der Waals surface area contributed by atoms with Gasteiger partial charge >= 0.3 is 0 Å². The predicted molar refractivity (Wildman–Crippen MR) is 107 cm³/mol. The first kappa shape index (κ1) is 19.1. The molecule has 7 nitrogen and oxygen atoms in total. The summed E-state index contributed by atoms with van der Waals surface area (Å²) >= 11 is 0. The van der Waals surface area contributed by atoms with E-state index >= 15 is 0 Å². The number of nitriles is 1. The molecule has 1 amide bonds. The van der Waals surface area contributed by atoms with Crippen LogP contribution in [0.25, 0.3) is 5.65 Å². The van der Waals surface area contributed by atoms with E-state index in [0.29, 0.717) is 24.2 Å². The number of carbonyl (C=O) groups excluding carboxylic acids is 1. The number of rotatable bonds is 6. The highest BCUT2D eigenvalue weighted by Gasteiger charge is 2.50. The van der Waals surface area contributed by atoms with Crippen LogP contribution in [0.1, 0.15) is 60.4 Å². The summed E-state index contributed by atoms with van der Waals surface area (Å²) in [4.78, 5) is 12.2. The predicted octanol–water partition coefficient (Wildman–Crippen LogP) is 2.68. The van der Waals surface area contributed by atoms with Crippen LogP contribution in [0.15, 0.2) is 42.6 Å². The average Bonchev–Trinajstić information content (AvgIpc) is 3.39. The third kappa shape index (κ3) is 3.36. The van der Waals surface area contributed by atoms with Crippen LogP contribution in [-0.4, -0.2) is 32.2 Å². The first-order valence-electron chi connectivity index (χ1n) is 9.69. The first-order valence-corrected chi connectivity index (χ1v) is 9.69. The summed E-state index contributed by atoms with van der Waals surface area (Å²) in [7, 11) is 0. The zero-order valence-corrected chi connectivity index (χ0v) is 16.5. The molecule has 2 heterocycles. The lowest BCUT2D eigenvalue weighted by Crippen LogP contribution is -2.24. The molecule has 0 spiro atoms. The molecule has 1 fully saturated rings. The van der Waals surface area contributed by atoms with Crippen molar-refractivity contribution in [1.29, 1.82) is 5.26 Å². The second-order valence-corrected chi connectivity index (χ2v) is 8.02. The number of pyridine rings is 1. The standard InChI is InChI=1S/C22H23N5O2/c1-21(2,29)17-5-3-14-27-18(17)25-26-20(27)22(10-11-22)16-8-6-15(7-9-16)19(28)24-13-4-12-23/h3,5-9,14,29H,4,10-11,13H2,1-2H3,(H,24,28). The quantitative estimate of drug-likeness (QED) is 0.631. The van der Waals surface area contributed by atoms with Gasteiger partial charge in [-0.1, -0.05) is 18.2 Å². The van der Waals surface area contributed by atoms with Crippen LogP contribution in [0.5, 0.6) is 0 Å². The summed E-state index contributed by atoms with van der Waals surface area (Å²) < 4.78 is 1.96. The number of nitrogens with zero attached hydrogens (tertiary/aromatic N) is 4. The molecule has 0 aliphatic heterocycles.